The third kappa shape index (κ3) is 3.66. The van der Waals surface area contributed by atoms with Crippen molar-refractivity contribution in [2.75, 3.05) is 11.9 Å². The van der Waals surface area contributed by atoms with Crippen molar-refractivity contribution in [3.05, 3.63) is 77.4 Å². The zero-order valence-corrected chi connectivity index (χ0v) is 17.8. The highest BCUT2D eigenvalue weighted by atomic mass is 32.1. The van der Waals surface area contributed by atoms with Gasteiger partial charge in [-0.05, 0) is 44.2 Å². The molecule has 0 spiro atoms. The van der Waals surface area contributed by atoms with Crippen LogP contribution < -0.4 is 14.8 Å². The van der Waals surface area contributed by atoms with Crippen LogP contribution in [0.4, 0.5) is 10.8 Å². The largest absolute Gasteiger partial charge is 0.486 e. The van der Waals surface area contributed by atoms with Crippen LogP contribution in [0.15, 0.2) is 66.0 Å². The smallest absolute Gasteiger partial charge is 0.187 e. The number of nitrogens with one attached hydrogen (secondary N) is 1. The molecule has 0 radical (unpaired) electrons. The van der Waals surface area contributed by atoms with Gasteiger partial charge in [-0.15, -0.1) is 11.3 Å². The fraction of sp³-hybridized carbons (Fsp3) is 0.208. The molecule has 5 rings (SSSR count). The van der Waals surface area contributed by atoms with E-state index in [-0.39, 0.29) is 6.10 Å². The minimum atomic E-state index is -0.0247. The third-order valence-electron chi connectivity index (χ3n) is 5.33. The Morgan fingerprint density at radius 2 is 1.83 bits per heavy atom. The van der Waals surface area contributed by atoms with Gasteiger partial charge in [0, 0.05) is 28.0 Å². The number of anilines is 2. The lowest BCUT2D eigenvalue weighted by molar-refractivity contribution is 0.0778. The number of para-hydroxylation sites is 3. The molecule has 30 heavy (non-hydrogen) atoms. The summed E-state index contributed by atoms with van der Waals surface area (Å²) in [7, 11) is 0. The van der Waals surface area contributed by atoms with Gasteiger partial charge >= 0.3 is 0 Å². The SMILES string of the molecule is Cc1cc(-c2csc(Nc3ccccc3)n2)c(C)n1C[C@H]1COc2ccccc2O1. The Morgan fingerprint density at radius 3 is 2.67 bits per heavy atom. The summed E-state index contributed by atoms with van der Waals surface area (Å²) in [5.41, 5.74) is 5.56. The van der Waals surface area contributed by atoms with Crippen molar-refractivity contribution >= 4 is 22.2 Å². The van der Waals surface area contributed by atoms with Crippen LogP contribution in [0.2, 0.25) is 0 Å². The molecule has 0 unspecified atom stereocenters. The molecule has 1 atom stereocenters. The van der Waals surface area contributed by atoms with Crippen molar-refractivity contribution in [2.24, 2.45) is 0 Å². The fourth-order valence-corrected chi connectivity index (χ4v) is 4.53. The van der Waals surface area contributed by atoms with Gasteiger partial charge in [0.1, 0.15) is 6.61 Å². The Morgan fingerprint density at radius 1 is 1.07 bits per heavy atom. The minimum Gasteiger partial charge on any atom is -0.486 e. The van der Waals surface area contributed by atoms with Crippen molar-refractivity contribution < 1.29 is 9.47 Å². The summed E-state index contributed by atoms with van der Waals surface area (Å²) in [6.07, 6.45) is -0.0247. The Labute approximate surface area is 179 Å². The van der Waals surface area contributed by atoms with Crippen molar-refractivity contribution in [3.63, 3.8) is 0 Å². The molecule has 0 fully saturated rings. The maximum Gasteiger partial charge on any atom is 0.187 e. The normalized spacial score (nSPS) is 15.2. The summed E-state index contributed by atoms with van der Waals surface area (Å²) in [6.45, 7) is 5.56. The lowest BCUT2D eigenvalue weighted by atomic mass is 10.2. The van der Waals surface area contributed by atoms with Gasteiger partial charge in [-0.25, -0.2) is 4.98 Å². The maximum atomic E-state index is 6.16. The highest BCUT2D eigenvalue weighted by Crippen LogP contribution is 2.34. The summed E-state index contributed by atoms with van der Waals surface area (Å²) < 4.78 is 14.3. The Balaban J connectivity index is 1.34. The maximum absolute atomic E-state index is 6.16. The van der Waals surface area contributed by atoms with Gasteiger partial charge in [-0.3, -0.25) is 0 Å². The highest BCUT2D eigenvalue weighted by Gasteiger charge is 2.23. The molecule has 2 aromatic carbocycles. The van der Waals surface area contributed by atoms with E-state index in [4.69, 9.17) is 14.5 Å². The number of thiazole rings is 1. The second kappa shape index (κ2) is 7.88. The second-order valence-corrected chi connectivity index (χ2v) is 8.28. The average Bonchev–Trinajstić information content (AvgIpc) is 3.34. The summed E-state index contributed by atoms with van der Waals surface area (Å²) >= 11 is 1.61. The van der Waals surface area contributed by atoms with Gasteiger partial charge in [0.25, 0.3) is 0 Å². The zero-order valence-electron chi connectivity index (χ0n) is 17.0. The first-order valence-corrected chi connectivity index (χ1v) is 10.9. The van der Waals surface area contributed by atoms with Crippen LogP contribution in [0.3, 0.4) is 0 Å². The van der Waals surface area contributed by atoms with Crippen LogP contribution in [0.5, 0.6) is 11.5 Å². The van der Waals surface area contributed by atoms with E-state index in [9.17, 15) is 0 Å². The predicted molar refractivity (Wildman–Crippen MR) is 121 cm³/mol. The molecule has 2 aromatic heterocycles. The number of nitrogens with zero attached hydrogens (tertiary/aromatic N) is 2. The Hall–Kier alpha value is -3.25. The fourth-order valence-electron chi connectivity index (χ4n) is 3.80. The molecule has 1 aliphatic rings. The molecule has 4 aromatic rings. The van der Waals surface area contributed by atoms with E-state index in [1.807, 2.05) is 54.6 Å². The van der Waals surface area contributed by atoms with Crippen molar-refractivity contribution in [1.29, 1.82) is 0 Å². The van der Waals surface area contributed by atoms with Crippen LogP contribution in [0.1, 0.15) is 11.4 Å². The van der Waals surface area contributed by atoms with E-state index in [2.05, 4.69) is 35.2 Å². The first kappa shape index (κ1) is 18.8. The zero-order chi connectivity index (χ0) is 20.5. The van der Waals surface area contributed by atoms with E-state index in [0.29, 0.717) is 6.61 Å². The lowest BCUT2D eigenvalue weighted by Gasteiger charge is -2.27. The molecule has 0 saturated heterocycles. The van der Waals surface area contributed by atoms with Crippen LogP contribution >= 0.6 is 11.3 Å². The summed E-state index contributed by atoms with van der Waals surface area (Å²) in [5.74, 6) is 1.63. The predicted octanol–water partition coefficient (Wildman–Crippen LogP) is 5.81. The topological polar surface area (TPSA) is 48.3 Å². The molecular formula is C24H23N3O2S. The molecule has 0 bridgehead atoms. The number of hydrogen-bond acceptors (Lipinski definition) is 5. The molecular weight excluding hydrogens is 394 g/mol. The average molecular weight is 418 g/mol. The molecule has 6 heteroatoms. The number of fused-ring (bicyclic) bond motifs is 1. The van der Waals surface area contributed by atoms with E-state index in [1.165, 1.54) is 11.4 Å². The summed E-state index contributed by atoms with van der Waals surface area (Å²) in [6, 6.07) is 20.1. The van der Waals surface area contributed by atoms with Gasteiger partial charge in [0.15, 0.2) is 22.7 Å². The molecule has 1 N–H and O–H groups in total. The lowest BCUT2D eigenvalue weighted by Crippen LogP contribution is -2.33. The van der Waals surface area contributed by atoms with Crippen molar-refractivity contribution in [3.8, 4) is 22.8 Å². The van der Waals surface area contributed by atoms with Crippen LogP contribution in [-0.2, 0) is 6.54 Å². The van der Waals surface area contributed by atoms with E-state index in [1.54, 1.807) is 11.3 Å². The molecule has 0 saturated carbocycles. The molecule has 0 amide bonds. The first-order valence-electron chi connectivity index (χ1n) is 10.0. The molecule has 152 valence electrons. The number of hydrogen-bond donors (Lipinski definition) is 1. The Kier molecular flexibility index (Phi) is 4.93. The number of ether oxygens (including phenoxy) is 2. The standard InChI is InChI=1S/C24H23N3O2S/c1-16-12-20(21-15-30-24(26-21)25-18-8-4-3-5-9-18)17(2)27(16)13-19-14-28-22-10-6-7-11-23(22)29-19/h3-12,15,19H,13-14H2,1-2H3,(H,25,26)/t19-/m0/s1. The number of aryl methyl sites for hydroxylation is 1. The van der Waals surface area contributed by atoms with Gasteiger partial charge in [-0.1, -0.05) is 30.3 Å². The van der Waals surface area contributed by atoms with E-state index >= 15 is 0 Å². The number of aromatic nitrogens is 2. The second-order valence-electron chi connectivity index (χ2n) is 7.42. The van der Waals surface area contributed by atoms with Crippen LogP contribution in [-0.4, -0.2) is 22.3 Å². The van der Waals surface area contributed by atoms with Crippen molar-refractivity contribution in [1.82, 2.24) is 9.55 Å². The monoisotopic (exact) mass is 417 g/mol. The van der Waals surface area contributed by atoms with E-state index < -0.39 is 0 Å². The first-order chi connectivity index (χ1) is 14.7. The highest BCUT2D eigenvalue weighted by molar-refractivity contribution is 7.14. The minimum absolute atomic E-state index is 0.0247. The summed E-state index contributed by atoms with van der Waals surface area (Å²) in [4.78, 5) is 4.81. The van der Waals surface area contributed by atoms with Crippen LogP contribution in [0.25, 0.3) is 11.3 Å². The van der Waals surface area contributed by atoms with Gasteiger partial charge in [-0.2, -0.15) is 0 Å². The number of benzene rings is 2. The quantitative estimate of drug-likeness (QED) is 0.445. The molecule has 3 heterocycles. The van der Waals surface area contributed by atoms with Crippen LogP contribution in [0, 0.1) is 13.8 Å². The Bertz CT molecular complexity index is 1170. The van der Waals surface area contributed by atoms with E-state index in [0.717, 1.165) is 40.1 Å². The molecule has 0 aliphatic carbocycles. The number of rotatable bonds is 5. The summed E-state index contributed by atoms with van der Waals surface area (Å²) in [5, 5.41) is 6.37. The third-order valence-corrected chi connectivity index (χ3v) is 6.09. The van der Waals surface area contributed by atoms with Crippen molar-refractivity contribution in [2.45, 2.75) is 26.5 Å². The molecule has 1 aliphatic heterocycles. The van der Waals surface area contributed by atoms with Gasteiger partial charge in [0.05, 0.1) is 12.2 Å². The van der Waals surface area contributed by atoms with Gasteiger partial charge < -0.3 is 19.4 Å². The molecule has 5 nitrogen and oxygen atoms in total. The van der Waals surface area contributed by atoms with Gasteiger partial charge in [0.2, 0.25) is 0 Å².